The number of hydrogen-bond acceptors (Lipinski definition) is 6. The summed E-state index contributed by atoms with van der Waals surface area (Å²) in [6.45, 7) is 1.78. The lowest BCUT2D eigenvalue weighted by atomic mass is 9.96. The lowest BCUT2D eigenvalue weighted by molar-refractivity contribution is -0.113. The molecule has 0 saturated heterocycles. The maximum atomic E-state index is 13.6. The van der Waals surface area contributed by atoms with Gasteiger partial charge in [-0.2, -0.15) is 9.37 Å². The third-order valence-corrected chi connectivity index (χ3v) is 5.40. The van der Waals surface area contributed by atoms with Crippen molar-refractivity contribution in [2.24, 2.45) is 0 Å². The Labute approximate surface area is 193 Å². The number of nitrogens with zero attached hydrogens (tertiary/aromatic N) is 5. The van der Waals surface area contributed by atoms with Crippen LogP contribution in [0, 0.1) is 5.95 Å². The molecule has 0 fully saturated rings. The van der Waals surface area contributed by atoms with Crippen molar-refractivity contribution >= 4 is 29.1 Å². The number of aromatic nitrogens is 5. The van der Waals surface area contributed by atoms with Gasteiger partial charge in [-0.15, -0.1) is 5.10 Å². The fraction of sp³-hybridized carbons (Fsp3) is 0.0870. The fourth-order valence-electron chi connectivity index (χ4n) is 3.69. The van der Waals surface area contributed by atoms with E-state index in [1.807, 2.05) is 12.1 Å². The van der Waals surface area contributed by atoms with Gasteiger partial charge in [0.2, 0.25) is 11.9 Å². The van der Waals surface area contributed by atoms with Gasteiger partial charge in [-0.05, 0) is 37.3 Å². The van der Waals surface area contributed by atoms with Gasteiger partial charge < -0.3 is 10.6 Å². The van der Waals surface area contributed by atoms with Gasteiger partial charge in [0.15, 0.2) is 5.82 Å². The summed E-state index contributed by atoms with van der Waals surface area (Å²) in [5, 5.41) is 11.2. The van der Waals surface area contributed by atoms with Gasteiger partial charge in [-0.3, -0.25) is 9.78 Å². The molecule has 0 radical (unpaired) electrons. The zero-order valence-corrected chi connectivity index (χ0v) is 18.1. The Morgan fingerprint density at radius 1 is 1.18 bits per heavy atom. The Balaban J connectivity index is 1.61. The highest BCUT2D eigenvalue weighted by Crippen LogP contribution is 2.36. The smallest absolute Gasteiger partial charge is 0.255 e. The summed E-state index contributed by atoms with van der Waals surface area (Å²) in [5.74, 6) is -0.0996. The van der Waals surface area contributed by atoms with Crippen LogP contribution in [0.15, 0.2) is 78.4 Å². The Hall–Kier alpha value is -4.11. The number of carbonyl (C=O) groups excluding carboxylic acids is 1. The second-order valence-corrected chi connectivity index (χ2v) is 7.83. The van der Waals surface area contributed by atoms with Crippen LogP contribution < -0.4 is 10.6 Å². The second-order valence-electron chi connectivity index (χ2n) is 7.39. The largest absolute Gasteiger partial charge is 0.328 e. The van der Waals surface area contributed by atoms with Crippen molar-refractivity contribution in [2.45, 2.75) is 13.0 Å². The van der Waals surface area contributed by atoms with E-state index in [9.17, 15) is 9.18 Å². The molecule has 1 aliphatic heterocycles. The monoisotopic (exact) mass is 461 g/mol. The number of halogens is 2. The normalized spacial score (nSPS) is 15.1. The molecule has 8 nitrogen and oxygen atoms in total. The van der Waals surface area contributed by atoms with Gasteiger partial charge in [-0.1, -0.05) is 29.8 Å². The van der Waals surface area contributed by atoms with E-state index in [1.54, 1.807) is 54.3 Å². The third kappa shape index (κ3) is 4.06. The van der Waals surface area contributed by atoms with E-state index in [4.69, 9.17) is 11.6 Å². The highest BCUT2D eigenvalue weighted by Gasteiger charge is 2.34. The van der Waals surface area contributed by atoms with Gasteiger partial charge in [-0.25, -0.2) is 9.67 Å². The molecule has 4 heterocycles. The molecule has 10 heteroatoms. The molecule has 0 spiro atoms. The van der Waals surface area contributed by atoms with E-state index in [2.05, 4.69) is 30.7 Å². The van der Waals surface area contributed by atoms with E-state index in [-0.39, 0.29) is 5.91 Å². The van der Waals surface area contributed by atoms with Crippen LogP contribution in [0.4, 0.5) is 16.0 Å². The topological polar surface area (TPSA) is 97.6 Å². The summed E-state index contributed by atoms with van der Waals surface area (Å²) in [6.07, 6.45) is 4.56. The Morgan fingerprint density at radius 2 is 2.06 bits per heavy atom. The minimum Gasteiger partial charge on any atom is -0.328 e. The number of carbonyl (C=O) groups is 1. The zero-order valence-electron chi connectivity index (χ0n) is 17.3. The summed E-state index contributed by atoms with van der Waals surface area (Å²) < 4.78 is 15.2. The number of allylic oxidation sites excluding steroid dienone is 1. The fourth-order valence-corrected chi connectivity index (χ4v) is 3.88. The minimum atomic E-state index is -0.688. The molecule has 1 amide bonds. The first-order chi connectivity index (χ1) is 16.0. The molecular weight excluding hydrogens is 445 g/mol. The molecule has 0 unspecified atom stereocenters. The molecule has 33 heavy (non-hydrogen) atoms. The second kappa shape index (κ2) is 8.44. The highest BCUT2D eigenvalue weighted by molar-refractivity contribution is 6.30. The van der Waals surface area contributed by atoms with Gasteiger partial charge in [0.25, 0.3) is 5.91 Å². The predicted molar refractivity (Wildman–Crippen MR) is 122 cm³/mol. The predicted octanol–water partition coefficient (Wildman–Crippen LogP) is 4.46. The molecule has 0 aliphatic carbocycles. The maximum Gasteiger partial charge on any atom is 0.255 e. The van der Waals surface area contributed by atoms with E-state index in [0.29, 0.717) is 39.3 Å². The van der Waals surface area contributed by atoms with Crippen molar-refractivity contribution < 1.29 is 9.18 Å². The van der Waals surface area contributed by atoms with Crippen LogP contribution in [0.2, 0.25) is 5.02 Å². The maximum absolute atomic E-state index is 13.6. The molecule has 1 aromatic carbocycles. The standard InChI is InChI=1S/C23H17ClFN7O/c1-13-19(22(33)29-17-6-3-9-26-12-17)20(15-7-8-18(25)27-11-15)32-23(28-13)30-21(31-32)14-4-2-5-16(24)10-14/h2-12,20H,1H3,(H,29,33)(H,28,30,31)/t20-/m0/s1. The van der Waals surface area contributed by atoms with Gasteiger partial charge in [0.05, 0.1) is 17.5 Å². The van der Waals surface area contributed by atoms with Crippen LogP contribution in [-0.2, 0) is 4.79 Å². The summed E-state index contributed by atoms with van der Waals surface area (Å²) in [6, 6.07) is 12.8. The van der Waals surface area contributed by atoms with Crippen molar-refractivity contribution in [3.63, 3.8) is 0 Å². The Morgan fingerprint density at radius 3 is 2.79 bits per heavy atom. The van der Waals surface area contributed by atoms with Crippen molar-refractivity contribution in [1.29, 1.82) is 0 Å². The molecule has 5 rings (SSSR count). The van der Waals surface area contributed by atoms with Crippen LogP contribution in [0.5, 0.6) is 0 Å². The lowest BCUT2D eigenvalue weighted by Crippen LogP contribution is -2.31. The van der Waals surface area contributed by atoms with Crippen molar-refractivity contribution in [2.75, 3.05) is 10.6 Å². The summed E-state index contributed by atoms with van der Waals surface area (Å²) in [5.41, 5.74) is 2.83. The van der Waals surface area contributed by atoms with Crippen molar-refractivity contribution in [1.82, 2.24) is 24.7 Å². The third-order valence-electron chi connectivity index (χ3n) is 5.17. The summed E-state index contributed by atoms with van der Waals surface area (Å²) >= 11 is 6.14. The van der Waals surface area contributed by atoms with E-state index in [1.165, 1.54) is 12.3 Å². The van der Waals surface area contributed by atoms with Gasteiger partial charge >= 0.3 is 0 Å². The molecule has 2 N–H and O–H groups in total. The van der Waals surface area contributed by atoms with Crippen LogP contribution in [0.3, 0.4) is 0 Å². The number of rotatable bonds is 4. The SMILES string of the molecule is CC1=C(C(=O)Nc2cccnc2)[C@H](c2ccc(F)nc2)n2nc(-c3cccc(Cl)c3)nc2N1. The number of hydrogen-bond donors (Lipinski definition) is 2. The molecular formula is C23H17ClFN7O. The Kier molecular flexibility index (Phi) is 5.31. The molecule has 0 bridgehead atoms. The zero-order chi connectivity index (χ0) is 22.9. The first-order valence-electron chi connectivity index (χ1n) is 10.0. The highest BCUT2D eigenvalue weighted by atomic mass is 35.5. The lowest BCUT2D eigenvalue weighted by Gasteiger charge is -2.28. The molecule has 1 aliphatic rings. The first-order valence-corrected chi connectivity index (χ1v) is 10.4. The molecule has 1 atom stereocenters. The van der Waals surface area contributed by atoms with Gasteiger partial charge in [0.1, 0.15) is 6.04 Å². The first kappa shape index (κ1) is 20.8. The quantitative estimate of drug-likeness (QED) is 0.435. The van der Waals surface area contributed by atoms with Crippen LogP contribution in [0.25, 0.3) is 11.4 Å². The number of fused-ring (bicyclic) bond motifs is 1. The Bertz CT molecular complexity index is 1370. The van der Waals surface area contributed by atoms with Crippen molar-refractivity contribution in [3.8, 4) is 11.4 Å². The summed E-state index contributed by atoms with van der Waals surface area (Å²) in [4.78, 5) is 25.8. The minimum absolute atomic E-state index is 0.354. The number of amides is 1. The number of anilines is 2. The average Bonchev–Trinajstić information content (AvgIpc) is 3.23. The molecule has 164 valence electrons. The molecule has 0 saturated carbocycles. The molecule has 4 aromatic rings. The summed E-state index contributed by atoms with van der Waals surface area (Å²) in [7, 11) is 0. The van der Waals surface area contributed by atoms with Crippen LogP contribution in [-0.4, -0.2) is 30.6 Å². The van der Waals surface area contributed by atoms with Gasteiger partial charge in [0, 0.05) is 34.2 Å². The number of nitrogens with one attached hydrogen (secondary N) is 2. The van der Waals surface area contributed by atoms with E-state index < -0.39 is 12.0 Å². The van der Waals surface area contributed by atoms with Crippen molar-refractivity contribution in [3.05, 3.63) is 94.9 Å². The van der Waals surface area contributed by atoms with E-state index in [0.717, 1.165) is 5.56 Å². The van der Waals surface area contributed by atoms with Crippen LogP contribution >= 0.6 is 11.6 Å². The van der Waals surface area contributed by atoms with E-state index >= 15 is 0 Å². The molecule has 3 aromatic heterocycles. The van der Waals surface area contributed by atoms with Crippen LogP contribution in [0.1, 0.15) is 18.5 Å². The number of benzene rings is 1. The number of pyridine rings is 2. The average molecular weight is 462 g/mol.